The van der Waals surface area contributed by atoms with Crippen molar-refractivity contribution < 1.29 is 28.2 Å². The number of carbonyl (C=O) groups excluding carboxylic acids is 3. The van der Waals surface area contributed by atoms with E-state index in [0.29, 0.717) is 5.56 Å². The molecule has 1 atom stereocenters. The van der Waals surface area contributed by atoms with Crippen LogP contribution in [-0.2, 0) is 32.2 Å². The van der Waals surface area contributed by atoms with Crippen LogP contribution in [0.2, 0.25) is 0 Å². The molecule has 1 aliphatic heterocycles. The number of nitrogens with one attached hydrogen (secondary N) is 1. The fourth-order valence-electron chi connectivity index (χ4n) is 3.77. The number of hydrogen-bond donors (Lipinski definition) is 1. The maximum Gasteiger partial charge on any atom is 0.360 e. The number of amides is 1. The highest BCUT2D eigenvalue weighted by Gasteiger charge is 2.35. The minimum Gasteiger partial charge on any atom is -0.461 e. The smallest absolute Gasteiger partial charge is 0.360 e. The fraction of sp³-hybridized carbons (Fsp3) is 0.269. The molecule has 4 rings (SSSR count). The summed E-state index contributed by atoms with van der Waals surface area (Å²) in [6.45, 7) is 3.72. The Hall–Kier alpha value is -4.18. The van der Waals surface area contributed by atoms with Gasteiger partial charge in [0.1, 0.15) is 18.5 Å². The number of esters is 1. The molecule has 0 bridgehead atoms. The molecule has 36 heavy (non-hydrogen) atoms. The van der Waals surface area contributed by atoms with E-state index in [1.165, 1.54) is 35.1 Å². The first-order valence-electron chi connectivity index (χ1n) is 11.4. The second kappa shape index (κ2) is 11.0. The molecule has 186 valence electrons. The summed E-state index contributed by atoms with van der Waals surface area (Å²) in [5.74, 6) is -1.95. The van der Waals surface area contributed by atoms with E-state index in [1.54, 1.807) is 6.92 Å². The van der Waals surface area contributed by atoms with Gasteiger partial charge in [-0.3, -0.25) is 9.59 Å². The predicted octanol–water partition coefficient (Wildman–Crippen LogP) is 2.86. The van der Waals surface area contributed by atoms with Crippen molar-refractivity contribution in [1.82, 2.24) is 20.3 Å². The molecule has 0 radical (unpaired) electrons. The Morgan fingerprint density at radius 1 is 1.14 bits per heavy atom. The van der Waals surface area contributed by atoms with Crippen LogP contribution in [0, 0.1) is 12.7 Å². The average Bonchev–Trinajstić information content (AvgIpc) is 3.52. The Balaban J connectivity index is 1.58. The van der Waals surface area contributed by atoms with E-state index in [9.17, 15) is 18.8 Å². The predicted molar refractivity (Wildman–Crippen MR) is 126 cm³/mol. The van der Waals surface area contributed by atoms with E-state index >= 15 is 0 Å². The Kier molecular flexibility index (Phi) is 7.65. The SMILES string of the molecule is CCOC(=O)c1cn(CC(=O)C2=C(C(=O)NCc3ccc(C)cc3)C(c3ccc(F)cc3)OC2)nn1. The summed E-state index contributed by atoms with van der Waals surface area (Å²) < 4.78 is 25.4. The van der Waals surface area contributed by atoms with Crippen LogP contribution in [0.4, 0.5) is 4.39 Å². The quantitative estimate of drug-likeness (QED) is 0.457. The molecule has 2 heterocycles. The highest BCUT2D eigenvalue weighted by Crippen LogP contribution is 2.35. The third-order valence-corrected chi connectivity index (χ3v) is 5.64. The van der Waals surface area contributed by atoms with Gasteiger partial charge in [-0.15, -0.1) is 5.10 Å². The Bertz CT molecular complexity index is 1300. The molecule has 0 saturated heterocycles. The van der Waals surface area contributed by atoms with E-state index in [1.807, 2.05) is 31.2 Å². The zero-order valence-corrected chi connectivity index (χ0v) is 19.9. The first-order valence-corrected chi connectivity index (χ1v) is 11.4. The van der Waals surface area contributed by atoms with Gasteiger partial charge in [0.15, 0.2) is 11.5 Å². The zero-order valence-electron chi connectivity index (χ0n) is 19.9. The number of aromatic nitrogens is 3. The summed E-state index contributed by atoms with van der Waals surface area (Å²) in [4.78, 5) is 38.3. The summed E-state index contributed by atoms with van der Waals surface area (Å²) >= 11 is 0. The molecule has 2 aromatic carbocycles. The highest BCUT2D eigenvalue weighted by atomic mass is 19.1. The van der Waals surface area contributed by atoms with E-state index in [2.05, 4.69) is 15.6 Å². The lowest BCUT2D eigenvalue weighted by Crippen LogP contribution is -2.28. The molecule has 1 unspecified atom stereocenters. The molecule has 10 heteroatoms. The number of halogens is 1. The van der Waals surface area contributed by atoms with E-state index in [-0.39, 0.29) is 43.1 Å². The number of nitrogens with zero attached hydrogens (tertiary/aromatic N) is 3. The second-order valence-electron chi connectivity index (χ2n) is 8.25. The zero-order chi connectivity index (χ0) is 25.7. The van der Waals surface area contributed by atoms with Crippen LogP contribution in [0.3, 0.4) is 0 Å². The summed E-state index contributed by atoms with van der Waals surface area (Å²) in [6.07, 6.45) is 0.467. The number of rotatable bonds is 9. The molecule has 1 aliphatic rings. The highest BCUT2D eigenvalue weighted by molar-refractivity contribution is 6.07. The molecule has 0 saturated carbocycles. The molecule has 3 aromatic rings. The molecule has 1 amide bonds. The van der Waals surface area contributed by atoms with Crippen molar-refractivity contribution in [2.24, 2.45) is 0 Å². The largest absolute Gasteiger partial charge is 0.461 e. The molecule has 0 spiro atoms. The number of hydrogen-bond acceptors (Lipinski definition) is 7. The van der Waals surface area contributed by atoms with E-state index in [4.69, 9.17) is 9.47 Å². The van der Waals surface area contributed by atoms with Crippen LogP contribution in [0.5, 0.6) is 0 Å². The summed E-state index contributed by atoms with van der Waals surface area (Å²) in [7, 11) is 0. The van der Waals surface area contributed by atoms with Crippen molar-refractivity contribution in [2.45, 2.75) is 33.0 Å². The van der Waals surface area contributed by atoms with Gasteiger partial charge in [0.05, 0.1) is 25.0 Å². The van der Waals surface area contributed by atoms with Crippen molar-refractivity contribution in [3.63, 3.8) is 0 Å². The Morgan fingerprint density at radius 3 is 2.56 bits per heavy atom. The van der Waals surface area contributed by atoms with Crippen molar-refractivity contribution in [2.75, 3.05) is 13.2 Å². The number of benzene rings is 2. The molecule has 0 fully saturated rings. The molecule has 1 aromatic heterocycles. The van der Waals surface area contributed by atoms with Crippen LogP contribution < -0.4 is 5.32 Å². The second-order valence-corrected chi connectivity index (χ2v) is 8.25. The van der Waals surface area contributed by atoms with Gasteiger partial charge in [-0.2, -0.15) is 0 Å². The number of ketones is 1. The molecular formula is C26H25FN4O5. The van der Waals surface area contributed by atoms with Gasteiger partial charge in [0, 0.05) is 12.1 Å². The molecule has 9 nitrogen and oxygen atoms in total. The lowest BCUT2D eigenvalue weighted by atomic mass is 9.96. The van der Waals surface area contributed by atoms with Gasteiger partial charge >= 0.3 is 5.97 Å². The summed E-state index contributed by atoms with van der Waals surface area (Å²) in [5.41, 5.74) is 2.85. The van der Waals surface area contributed by atoms with Gasteiger partial charge in [-0.1, -0.05) is 47.2 Å². The van der Waals surface area contributed by atoms with Crippen molar-refractivity contribution >= 4 is 17.7 Å². The standard InChI is InChI=1S/C26H25FN4O5/c1-3-35-26(34)21-13-31(30-29-21)14-22(32)20-15-36-24(18-8-10-19(27)11-9-18)23(20)25(33)28-12-17-6-4-16(2)5-7-17/h4-11,13,24H,3,12,14-15H2,1-2H3,(H,28,33). The summed E-state index contributed by atoms with van der Waals surface area (Å²) in [5, 5.41) is 10.4. The lowest BCUT2D eigenvalue weighted by molar-refractivity contribution is -0.119. The average molecular weight is 493 g/mol. The molecule has 1 N–H and O–H groups in total. The number of carbonyl (C=O) groups is 3. The maximum absolute atomic E-state index is 13.5. The van der Waals surface area contributed by atoms with Crippen LogP contribution in [0.15, 0.2) is 65.9 Å². The third-order valence-electron chi connectivity index (χ3n) is 5.64. The lowest BCUT2D eigenvalue weighted by Gasteiger charge is -2.15. The van der Waals surface area contributed by atoms with Crippen LogP contribution in [0.1, 0.15) is 40.2 Å². The minimum absolute atomic E-state index is 0.0263. The first kappa shape index (κ1) is 24.9. The van der Waals surface area contributed by atoms with Gasteiger partial charge in [0.2, 0.25) is 0 Å². The molecule has 0 aliphatic carbocycles. The number of Topliss-reactive ketones (excluding diaryl/α,β-unsaturated/α-hetero) is 1. The number of aryl methyl sites for hydroxylation is 1. The third kappa shape index (κ3) is 5.72. The van der Waals surface area contributed by atoms with Gasteiger partial charge in [0.25, 0.3) is 5.91 Å². The normalized spacial score (nSPS) is 15.1. The molecular weight excluding hydrogens is 467 g/mol. The van der Waals surface area contributed by atoms with Crippen molar-refractivity contribution in [3.05, 3.63) is 94.1 Å². The van der Waals surface area contributed by atoms with E-state index < -0.39 is 29.6 Å². The first-order chi connectivity index (χ1) is 17.4. The van der Waals surface area contributed by atoms with Gasteiger partial charge < -0.3 is 14.8 Å². The summed E-state index contributed by atoms with van der Waals surface area (Å²) in [6, 6.07) is 13.3. The fourth-order valence-corrected chi connectivity index (χ4v) is 3.77. The van der Waals surface area contributed by atoms with Crippen LogP contribution in [0.25, 0.3) is 0 Å². The van der Waals surface area contributed by atoms with Gasteiger partial charge in [-0.05, 0) is 37.1 Å². The topological polar surface area (TPSA) is 112 Å². The van der Waals surface area contributed by atoms with Crippen LogP contribution in [-0.4, -0.2) is 45.9 Å². The van der Waals surface area contributed by atoms with Crippen molar-refractivity contribution in [3.8, 4) is 0 Å². The van der Waals surface area contributed by atoms with E-state index in [0.717, 1.165) is 11.1 Å². The maximum atomic E-state index is 13.5. The monoisotopic (exact) mass is 492 g/mol. The van der Waals surface area contributed by atoms with Crippen molar-refractivity contribution in [1.29, 1.82) is 0 Å². The van der Waals surface area contributed by atoms with Crippen LogP contribution >= 0.6 is 0 Å². The number of ether oxygens (including phenoxy) is 2. The minimum atomic E-state index is -0.839. The Morgan fingerprint density at radius 2 is 1.86 bits per heavy atom. The van der Waals surface area contributed by atoms with Gasteiger partial charge in [-0.25, -0.2) is 13.9 Å². The Labute approximate surface area is 206 Å².